The average Bonchev–Trinajstić information content (AvgIpc) is 2.37. The monoisotopic (exact) mass is 144 g/mol. The van der Waals surface area contributed by atoms with Gasteiger partial charge in [-0.3, -0.25) is 4.79 Å². The highest BCUT2D eigenvalue weighted by Gasteiger charge is 1.94. The summed E-state index contributed by atoms with van der Waals surface area (Å²) in [5.74, 6) is 0. The zero-order valence-corrected chi connectivity index (χ0v) is 5.48. The van der Waals surface area contributed by atoms with Crippen molar-refractivity contribution in [2.45, 2.75) is 6.61 Å². The van der Waals surface area contributed by atoms with E-state index in [2.05, 4.69) is 5.11 Å². The molecule has 1 heterocycles. The van der Waals surface area contributed by atoms with E-state index < -0.39 is 0 Å². The van der Waals surface area contributed by atoms with E-state index in [0.29, 0.717) is 4.88 Å². The summed E-state index contributed by atoms with van der Waals surface area (Å²) in [6, 6.07) is 1.71. The van der Waals surface area contributed by atoms with Crippen LogP contribution in [0.5, 0.6) is 0 Å². The Morgan fingerprint density at radius 3 is 3.44 bits per heavy atom. The van der Waals surface area contributed by atoms with Crippen LogP contribution in [-0.2, 0) is 6.61 Å². The predicted octanol–water partition coefficient (Wildman–Crippen LogP) is 1.05. The van der Waals surface area contributed by atoms with E-state index in [1.54, 1.807) is 11.4 Å². The van der Waals surface area contributed by atoms with E-state index >= 15 is 0 Å². The second kappa shape index (κ2) is 2.75. The molecule has 0 aliphatic rings. The highest BCUT2D eigenvalue weighted by atomic mass is 32.1. The van der Waals surface area contributed by atoms with Crippen LogP contribution >= 0.6 is 11.3 Å². The van der Waals surface area contributed by atoms with Crippen LogP contribution in [0, 0.1) is 0 Å². The Morgan fingerprint density at radius 1 is 2.00 bits per heavy atom. The standard InChI is InChI=1S/C6H6O2S/c7-2-5-1-6(3-8)9-4-5/h1,3-4,7H,2H2/i7T. The Hall–Kier alpha value is -0.670. The molecular weight excluding hydrogens is 136 g/mol. The maximum absolute atomic E-state index is 10.1. The molecule has 0 spiro atoms. The first-order valence-corrected chi connectivity index (χ1v) is 3.35. The summed E-state index contributed by atoms with van der Waals surface area (Å²) >= 11 is 1.36. The van der Waals surface area contributed by atoms with Crippen molar-refractivity contribution in [3.05, 3.63) is 21.9 Å². The summed E-state index contributed by atoms with van der Waals surface area (Å²) in [6.45, 7) is 0.254. The van der Waals surface area contributed by atoms with Gasteiger partial charge in [-0.15, -0.1) is 11.3 Å². The molecular formula is C6H6O2S. The van der Waals surface area contributed by atoms with Gasteiger partial charge in [0.25, 0.3) is 0 Å². The topological polar surface area (TPSA) is 37.3 Å². The van der Waals surface area contributed by atoms with Gasteiger partial charge in [0.15, 0.2) is 6.29 Å². The van der Waals surface area contributed by atoms with E-state index in [1.807, 2.05) is 0 Å². The lowest BCUT2D eigenvalue weighted by Gasteiger charge is -1.79. The van der Waals surface area contributed by atoms with E-state index in [9.17, 15) is 4.79 Å². The number of thiophene rings is 1. The maximum Gasteiger partial charge on any atom is 0.211 e. The van der Waals surface area contributed by atoms with Crippen LogP contribution in [0.2, 0.25) is 0 Å². The second-order valence-electron chi connectivity index (χ2n) is 1.62. The van der Waals surface area contributed by atoms with Gasteiger partial charge in [-0.1, -0.05) is 0 Å². The molecule has 0 fully saturated rings. The molecule has 9 heavy (non-hydrogen) atoms. The third kappa shape index (κ3) is 1.37. The summed E-state index contributed by atoms with van der Waals surface area (Å²) in [5.41, 5.74) is 0.877. The van der Waals surface area contributed by atoms with Gasteiger partial charge >= 0.3 is 0 Å². The molecule has 0 aliphatic heterocycles. The number of carbonyl (C=O) groups excluding carboxylic acids is 1. The van der Waals surface area contributed by atoms with Gasteiger partial charge in [-0.25, -0.2) is 0 Å². The molecule has 0 radical (unpaired) electrons. The molecule has 1 aromatic rings. The second-order valence-corrected chi connectivity index (χ2v) is 2.56. The normalized spacial score (nSPS) is 10.9. The van der Waals surface area contributed by atoms with Crippen LogP contribution in [0.4, 0.5) is 0 Å². The fraction of sp³-hybridized carbons (Fsp3) is 0.167. The molecule has 0 amide bonds. The lowest BCUT2D eigenvalue weighted by molar-refractivity contribution is 0.112. The molecule has 0 saturated heterocycles. The number of aldehydes is 1. The summed E-state index contributed by atoms with van der Waals surface area (Å²) in [5, 5.41) is 5.93. The SMILES string of the molecule is [3H]OCc1csc(C=O)c1. The number of aliphatic hydroxyl groups is 1. The highest BCUT2D eigenvalue weighted by molar-refractivity contribution is 7.11. The summed E-state index contributed by atoms with van der Waals surface area (Å²) in [4.78, 5) is 10.8. The van der Waals surface area contributed by atoms with Gasteiger partial charge in [-0.2, -0.15) is 0 Å². The smallest absolute Gasteiger partial charge is 0.211 e. The summed E-state index contributed by atoms with van der Waals surface area (Å²) in [7, 11) is 0. The molecule has 1 rings (SSSR count). The summed E-state index contributed by atoms with van der Waals surface area (Å²) in [6.07, 6.45) is 0.790. The molecule has 2 nitrogen and oxygen atoms in total. The van der Waals surface area contributed by atoms with Crippen LogP contribution in [0.3, 0.4) is 0 Å². The Balaban J connectivity index is 2.68. The van der Waals surface area contributed by atoms with Gasteiger partial charge in [0, 0.05) is 0 Å². The summed E-state index contributed by atoms with van der Waals surface area (Å²) < 4.78 is 6.42. The minimum Gasteiger partial charge on any atom is -0.392 e. The molecule has 0 aliphatic carbocycles. The minimum absolute atomic E-state index is 0.254. The predicted molar refractivity (Wildman–Crippen MR) is 35.6 cm³/mol. The molecule has 0 unspecified atom stereocenters. The van der Waals surface area contributed by atoms with E-state index in [1.165, 1.54) is 11.3 Å². The lowest BCUT2D eigenvalue weighted by Crippen LogP contribution is -1.74. The average molecular weight is 144 g/mol. The molecule has 48 valence electrons. The van der Waals surface area contributed by atoms with Crippen LogP contribution in [-0.4, -0.2) is 12.8 Å². The first kappa shape index (κ1) is 5.14. The van der Waals surface area contributed by atoms with Gasteiger partial charge in [0.1, 0.15) is 0 Å². The zero-order valence-electron chi connectivity index (χ0n) is 5.66. The van der Waals surface area contributed by atoms with Crippen molar-refractivity contribution in [3.8, 4) is 0 Å². The van der Waals surface area contributed by atoms with Crippen molar-refractivity contribution in [3.63, 3.8) is 0 Å². The van der Waals surface area contributed by atoms with Crippen molar-refractivity contribution < 1.29 is 9.90 Å². The molecule has 0 atom stereocenters. The fourth-order valence-electron chi connectivity index (χ4n) is 0.532. The van der Waals surface area contributed by atoms with Crippen LogP contribution in [0.25, 0.3) is 0 Å². The van der Waals surface area contributed by atoms with Gasteiger partial charge in [0.2, 0.25) is 1.43 Å². The quantitative estimate of drug-likeness (QED) is 0.644. The Bertz CT molecular complexity index is 221. The first-order chi connectivity index (χ1) is 4.86. The van der Waals surface area contributed by atoms with E-state index in [-0.39, 0.29) is 6.61 Å². The van der Waals surface area contributed by atoms with Crippen LogP contribution < -0.4 is 0 Å². The number of aliphatic hydroxyl groups excluding tert-OH is 1. The van der Waals surface area contributed by atoms with Crippen molar-refractivity contribution in [2.24, 2.45) is 0 Å². The van der Waals surface area contributed by atoms with Crippen molar-refractivity contribution in [2.75, 3.05) is 0 Å². The van der Waals surface area contributed by atoms with Gasteiger partial charge < -0.3 is 5.11 Å². The fourth-order valence-corrected chi connectivity index (χ4v) is 1.23. The van der Waals surface area contributed by atoms with Gasteiger partial charge in [-0.05, 0) is 17.0 Å². The molecule has 3 heteroatoms. The third-order valence-electron chi connectivity index (χ3n) is 0.957. The minimum atomic E-state index is 0.254. The van der Waals surface area contributed by atoms with Gasteiger partial charge in [0.05, 0.1) is 11.5 Å². The lowest BCUT2D eigenvalue weighted by atomic mass is 10.3. The van der Waals surface area contributed by atoms with Crippen LogP contribution in [0.15, 0.2) is 11.4 Å². The molecule has 0 saturated carbocycles. The Morgan fingerprint density at radius 2 is 2.89 bits per heavy atom. The maximum atomic E-state index is 10.1. The van der Waals surface area contributed by atoms with E-state index in [4.69, 9.17) is 1.43 Å². The Kier molecular flexibility index (Phi) is 1.57. The Labute approximate surface area is 58.2 Å². The van der Waals surface area contributed by atoms with Crippen molar-refractivity contribution >= 4 is 17.6 Å². The number of hydrogen-bond acceptors (Lipinski definition) is 3. The van der Waals surface area contributed by atoms with Crippen molar-refractivity contribution in [1.29, 1.82) is 1.43 Å². The first-order valence-electron chi connectivity index (χ1n) is 2.88. The number of carbonyl (C=O) groups is 1. The number of hydrogen-bond donors (Lipinski definition) is 1. The zero-order chi connectivity index (χ0) is 7.40. The highest BCUT2D eigenvalue weighted by Crippen LogP contribution is 2.11. The molecule has 0 bridgehead atoms. The number of rotatable bonds is 3. The largest absolute Gasteiger partial charge is 0.392 e. The molecule has 1 aromatic heterocycles. The third-order valence-corrected chi connectivity index (χ3v) is 1.86. The molecule has 0 aromatic carbocycles. The van der Waals surface area contributed by atoms with E-state index in [0.717, 1.165) is 11.8 Å². The van der Waals surface area contributed by atoms with Crippen LogP contribution in [0.1, 0.15) is 15.2 Å². The molecule has 1 N–H and O–H groups in total. The van der Waals surface area contributed by atoms with Crippen molar-refractivity contribution in [1.82, 2.24) is 0 Å².